The number of imidazole rings is 2. The van der Waals surface area contributed by atoms with Gasteiger partial charge < -0.3 is 51.3 Å². The van der Waals surface area contributed by atoms with Gasteiger partial charge in [0.2, 0.25) is 10.6 Å². The number of hydrogen-bond donors (Lipinski definition) is 6. The highest BCUT2D eigenvalue weighted by Gasteiger charge is 2.58. The normalized spacial score (nSPS) is 25.1. The Bertz CT molecular complexity index is 2500. The number of benzene rings is 2. The summed E-state index contributed by atoms with van der Waals surface area (Å²) in [6.45, 7) is 4.55. The Morgan fingerprint density at radius 3 is 1.84 bits per heavy atom. The molecule has 8 rings (SSSR count). The lowest BCUT2D eigenvalue weighted by atomic mass is 9.82. The topological polar surface area (TPSA) is 300 Å². The SMILES string of the molecule is CC[C@H]1O[C@@H](n2cnc3c(Cl)nc(Cl)nc32)[C@@](C)(COC(=O)c2ccccc2)C1OC(=O)c1ccccc1.CO.C[C@]1(CO)C(O)[C@@H](CO)O[C@H]1n1cnc2c(N)nc(Cl)nc21.N. The van der Waals surface area contributed by atoms with Crippen molar-refractivity contribution in [2.24, 2.45) is 10.8 Å². The average Bonchev–Trinajstić information content (AvgIpc) is 4.03. The number of carbonyl (C=O) groups is 2. The summed E-state index contributed by atoms with van der Waals surface area (Å²) in [5.41, 5.74) is 5.80. The predicted octanol–water partition coefficient (Wildman–Crippen LogP) is 4.61. The second-order valence-corrected chi connectivity index (χ2v) is 15.7. The van der Waals surface area contributed by atoms with Crippen LogP contribution in [0.1, 0.15) is 60.4 Å². The lowest BCUT2D eigenvalue weighted by Gasteiger charge is -2.34. The molecule has 2 saturated heterocycles. The summed E-state index contributed by atoms with van der Waals surface area (Å²) in [5, 5.41) is 36.3. The average molecular weight is 934 g/mol. The van der Waals surface area contributed by atoms with Crippen LogP contribution in [-0.4, -0.2) is 123 Å². The molecule has 0 saturated carbocycles. The maximum atomic E-state index is 13.1. The third kappa shape index (κ3) is 9.55. The number of halogens is 3. The fourth-order valence-corrected chi connectivity index (χ4v) is 8.02. The van der Waals surface area contributed by atoms with Crippen LogP contribution in [0.15, 0.2) is 73.3 Å². The molecule has 23 heteroatoms. The molecular weight excluding hydrogens is 887 g/mol. The number of ether oxygens (including phenoxy) is 4. The molecule has 0 aliphatic carbocycles. The molecule has 6 aromatic rings. The molecule has 2 aliphatic heterocycles. The van der Waals surface area contributed by atoms with Gasteiger partial charge >= 0.3 is 11.9 Å². The fraction of sp³-hybridized carbons (Fsp3) is 0.400. The Hall–Kier alpha value is -5.13. The first-order chi connectivity index (χ1) is 29.7. The van der Waals surface area contributed by atoms with E-state index in [0.717, 1.165) is 7.11 Å². The van der Waals surface area contributed by atoms with Gasteiger partial charge in [-0.25, -0.2) is 24.5 Å². The Morgan fingerprint density at radius 1 is 0.778 bits per heavy atom. The van der Waals surface area contributed by atoms with E-state index in [0.29, 0.717) is 39.9 Å². The summed E-state index contributed by atoms with van der Waals surface area (Å²) in [6.07, 6.45) is -1.30. The van der Waals surface area contributed by atoms with Crippen molar-refractivity contribution in [3.05, 3.63) is 100 Å². The van der Waals surface area contributed by atoms with E-state index in [2.05, 4.69) is 29.9 Å². The van der Waals surface area contributed by atoms with Crippen molar-refractivity contribution in [1.29, 1.82) is 0 Å². The van der Waals surface area contributed by atoms with Crippen LogP contribution < -0.4 is 11.9 Å². The van der Waals surface area contributed by atoms with Crippen LogP contribution >= 0.6 is 34.8 Å². The molecule has 8 atom stereocenters. The van der Waals surface area contributed by atoms with E-state index >= 15 is 0 Å². The molecule has 2 unspecified atom stereocenters. The molecule has 20 nitrogen and oxygen atoms in total. The molecule has 6 heterocycles. The van der Waals surface area contributed by atoms with Crippen LogP contribution in [0.5, 0.6) is 0 Å². The van der Waals surface area contributed by atoms with E-state index < -0.39 is 59.6 Å². The molecule has 0 bridgehead atoms. The molecule has 2 aromatic carbocycles. The summed E-state index contributed by atoms with van der Waals surface area (Å²) in [7, 11) is 1.00. The maximum absolute atomic E-state index is 13.1. The van der Waals surface area contributed by atoms with E-state index in [1.54, 1.807) is 60.0 Å². The Balaban J connectivity index is 0.000000255. The molecule has 9 N–H and O–H groups in total. The third-order valence-corrected chi connectivity index (χ3v) is 11.3. The first-order valence-corrected chi connectivity index (χ1v) is 20.2. The molecule has 338 valence electrons. The smallest absolute Gasteiger partial charge is 0.338 e. The molecule has 2 aliphatic rings. The Morgan fingerprint density at radius 2 is 1.29 bits per heavy atom. The van der Waals surface area contributed by atoms with Gasteiger partial charge in [-0.1, -0.05) is 61.8 Å². The largest absolute Gasteiger partial charge is 0.461 e. The third-order valence-electron chi connectivity index (χ3n) is 10.7. The number of rotatable bonds is 10. The molecule has 0 amide bonds. The quantitative estimate of drug-likeness (QED) is 0.0621. The second-order valence-electron chi connectivity index (χ2n) is 14.7. The zero-order chi connectivity index (χ0) is 44.9. The highest BCUT2D eigenvalue weighted by molar-refractivity contribution is 6.35. The first kappa shape index (κ1) is 48.9. The van der Waals surface area contributed by atoms with Crippen LogP contribution in [0.4, 0.5) is 5.82 Å². The van der Waals surface area contributed by atoms with Crippen molar-refractivity contribution in [2.75, 3.05) is 32.7 Å². The zero-order valence-corrected chi connectivity index (χ0v) is 36.7. The van der Waals surface area contributed by atoms with Crippen LogP contribution in [0.25, 0.3) is 22.3 Å². The lowest BCUT2D eigenvalue weighted by Crippen LogP contribution is -2.44. The highest BCUT2D eigenvalue weighted by atomic mass is 35.5. The molecular formula is C40H47Cl3N10O10. The molecule has 0 radical (unpaired) electrons. The monoisotopic (exact) mass is 932 g/mol. The van der Waals surface area contributed by atoms with Crippen molar-refractivity contribution in [1.82, 2.24) is 45.2 Å². The number of anilines is 1. The Kier molecular flexibility index (Phi) is 16.0. The minimum Gasteiger partial charge on any atom is -0.461 e. The van der Waals surface area contributed by atoms with Crippen molar-refractivity contribution in [2.45, 2.75) is 64.1 Å². The number of hydrogen-bond acceptors (Lipinski definition) is 18. The lowest BCUT2D eigenvalue weighted by molar-refractivity contribution is -0.0595. The summed E-state index contributed by atoms with van der Waals surface area (Å²) in [4.78, 5) is 50.7. The van der Waals surface area contributed by atoms with Gasteiger partial charge in [-0.05, 0) is 60.8 Å². The van der Waals surface area contributed by atoms with Gasteiger partial charge in [-0.3, -0.25) is 9.13 Å². The van der Waals surface area contributed by atoms with Gasteiger partial charge in [0.25, 0.3) is 0 Å². The number of aromatic nitrogens is 8. The van der Waals surface area contributed by atoms with Crippen molar-refractivity contribution in [3.63, 3.8) is 0 Å². The van der Waals surface area contributed by atoms with E-state index in [4.69, 9.17) is 64.6 Å². The van der Waals surface area contributed by atoms with Gasteiger partial charge in [0.05, 0.1) is 60.0 Å². The van der Waals surface area contributed by atoms with Gasteiger partial charge in [0.15, 0.2) is 22.3 Å². The molecule has 0 spiro atoms. The number of nitrogen functional groups attached to an aromatic ring is 1. The number of aliphatic hydroxyl groups excluding tert-OH is 4. The summed E-state index contributed by atoms with van der Waals surface area (Å²) in [6, 6.07) is 17.3. The summed E-state index contributed by atoms with van der Waals surface area (Å²) in [5.74, 6) is -0.901. The van der Waals surface area contributed by atoms with E-state index in [1.807, 2.05) is 26.0 Å². The number of carbonyl (C=O) groups excluding carboxylic acids is 2. The van der Waals surface area contributed by atoms with Crippen LogP contribution in [-0.2, 0) is 18.9 Å². The van der Waals surface area contributed by atoms with Crippen LogP contribution in [0.2, 0.25) is 15.7 Å². The van der Waals surface area contributed by atoms with E-state index in [9.17, 15) is 24.9 Å². The van der Waals surface area contributed by atoms with Gasteiger partial charge in [0.1, 0.15) is 42.3 Å². The first-order valence-electron chi connectivity index (χ1n) is 19.1. The maximum Gasteiger partial charge on any atom is 0.338 e. The predicted molar refractivity (Wildman–Crippen MR) is 230 cm³/mol. The molecule has 63 heavy (non-hydrogen) atoms. The van der Waals surface area contributed by atoms with E-state index in [1.165, 1.54) is 17.2 Å². The molecule has 4 aromatic heterocycles. The number of aliphatic hydroxyl groups is 4. The summed E-state index contributed by atoms with van der Waals surface area (Å²) < 4.78 is 27.2. The van der Waals surface area contributed by atoms with Crippen molar-refractivity contribution >= 4 is 74.9 Å². The van der Waals surface area contributed by atoms with Crippen LogP contribution in [0, 0.1) is 10.8 Å². The minimum absolute atomic E-state index is 0. The highest BCUT2D eigenvalue weighted by Crippen LogP contribution is 2.50. The number of nitrogens with two attached hydrogens (primary N) is 1. The standard InChI is InChI=1S/C27H24Cl2N4O5.C12H16ClN5O4.CH4O.H3N/c1-3-18-20(38-24(35)17-12-8-5-9-13-17)27(2,14-36-23(34)16-10-6-4-7-11-16)25(37-18)33-15-30-19-21(28)31-26(29)32-22(19)33;1-12(3-20)7(21)5(2-19)22-10(12)18-4-15-6-8(14)16-11(13)17-9(6)18;1-2;/h4-13,15,18,20,25H,3,14H2,1-2H3;4-5,7,10,19-21H,2-3H2,1H3,(H2,14,16,17);2H,1H3;1H3/t18-,20?,25-,27+;5-,7?,10-,12+;;/m11../s1. The number of nitrogens with zero attached hydrogens (tertiary/aromatic N) is 8. The zero-order valence-electron chi connectivity index (χ0n) is 34.5. The van der Waals surface area contributed by atoms with Crippen molar-refractivity contribution in [3.8, 4) is 0 Å². The van der Waals surface area contributed by atoms with Gasteiger partial charge in [0, 0.05) is 7.11 Å². The van der Waals surface area contributed by atoms with Gasteiger partial charge in [-0.15, -0.1) is 0 Å². The minimum atomic E-state index is -1.06. The second kappa shape index (κ2) is 20.6. The molecule has 2 fully saturated rings. The van der Waals surface area contributed by atoms with Crippen LogP contribution in [0.3, 0.4) is 0 Å². The van der Waals surface area contributed by atoms with Crippen molar-refractivity contribution < 1.29 is 49.0 Å². The van der Waals surface area contributed by atoms with E-state index in [-0.39, 0.29) is 47.5 Å². The van der Waals surface area contributed by atoms with Gasteiger partial charge in [-0.2, -0.15) is 15.0 Å². The summed E-state index contributed by atoms with van der Waals surface area (Å²) >= 11 is 18.2. The Labute approximate surface area is 375 Å². The fourth-order valence-electron chi connectivity index (χ4n) is 7.43. The number of fused-ring (bicyclic) bond motifs is 2. The number of esters is 2.